The molecule has 12 heteroatoms. The van der Waals surface area contributed by atoms with Gasteiger partial charge in [-0.15, -0.1) is 5.10 Å². The summed E-state index contributed by atoms with van der Waals surface area (Å²) in [6.07, 6.45) is -1.00. The van der Waals surface area contributed by atoms with E-state index in [0.717, 1.165) is 49.6 Å². The van der Waals surface area contributed by atoms with E-state index in [1.165, 1.54) is 6.07 Å². The summed E-state index contributed by atoms with van der Waals surface area (Å²) in [4.78, 5) is 32.5. The lowest BCUT2D eigenvalue weighted by Gasteiger charge is -2.63. The van der Waals surface area contributed by atoms with Gasteiger partial charge in [0.1, 0.15) is 12.3 Å². The lowest BCUT2D eigenvalue weighted by atomic mass is 9.77. The molecule has 1 N–H and O–H groups in total. The van der Waals surface area contributed by atoms with Crippen molar-refractivity contribution < 1.29 is 27.5 Å². The highest BCUT2D eigenvalue weighted by Gasteiger charge is 2.55. The van der Waals surface area contributed by atoms with Gasteiger partial charge in [0.2, 0.25) is 17.7 Å². The maximum Gasteiger partial charge on any atom is 0.433 e. The molecule has 2 saturated heterocycles. The number of nitrogens with one attached hydrogen (secondary N) is 1. The Labute approximate surface area is 234 Å². The number of carbonyl (C=O) groups is 2. The topological polar surface area (TPSA) is 101 Å². The average molecular weight is 567 g/mol. The highest BCUT2D eigenvalue weighted by atomic mass is 19.4. The summed E-state index contributed by atoms with van der Waals surface area (Å²) in [6.45, 7) is 4.54. The Morgan fingerprint density at radius 1 is 0.976 bits per heavy atom. The minimum absolute atomic E-state index is 0.00777. The van der Waals surface area contributed by atoms with Crippen LogP contribution in [-0.2, 0) is 34.3 Å². The van der Waals surface area contributed by atoms with E-state index in [-0.39, 0.29) is 29.8 Å². The molecule has 0 atom stereocenters. The molecule has 1 aromatic carbocycles. The Bertz CT molecular complexity index is 1430. The van der Waals surface area contributed by atoms with Crippen LogP contribution in [0.5, 0.6) is 5.88 Å². The smallest absolute Gasteiger partial charge is 0.433 e. The van der Waals surface area contributed by atoms with E-state index in [4.69, 9.17) is 4.74 Å². The minimum Gasteiger partial charge on any atom is -0.472 e. The molecule has 1 spiro atoms. The summed E-state index contributed by atoms with van der Waals surface area (Å²) >= 11 is 0. The molecular weight excluding hydrogens is 537 g/mol. The van der Waals surface area contributed by atoms with Crippen LogP contribution in [0.25, 0.3) is 0 Å². The van der Waals surface area contributed by atoms with Gasteiger partial charge in [-0.25, -0.2) is 0 Å². The van der Waals surface area contributed by atoms with Gasteiger partial charge in [-0.05, 0) is 49.1 Å². The van der Waals surface area contributed by atoms with Crippen LogP contribution in [0.3, 0.4) is 0 Å². The number of aromatic nitrogens is 3. The third-order valence-corrected chi connectivity index (χ3v) is 8.30. The van der Waals surface area contributed by atoms with Crippen LogP contribution in [0.4, 0.5) is 18.9 Å². The number of likely N-dealkylation sites (tertiary alicyclic amines) is 1. The zero-order valence-corrected chi connectivity index (χ0v) is 22.4. The standard InChI is InChI=1S/C29H29F3N6O3/c1-19(39)38-13-12-27(38)17-37(18-27)22-5-2-20(3-6-22)14-34-26(40)28(10-11-28)23-8-9-25(36-35-23)41-16-21-4-7-24(33-15-21)29(30,31)32/h2-9,15H,10-14,16-18H2,1H3,(H,34,40). The molecule has 0 unspecified atom stereocenters. The molecule has 3 aliphatic rings. The van der Waals surface area contributed by atoms with Gasteiger partial charge in [-0.2, -0.15) is 18.3 Å². The first-order valence-electron chi connectivity index (χ1n) is 13.5. The molecule has 0 bridgehead atoms. The van der Waals surface area contributed by atoms with Crippen LogP contribution in [0.15, 0.2) is 54.7 Å². The third kappa shape index (κ3) is 5.18. The van der Waals surface area contributed by atoms with Gasteiger partial charge in [-0.3, -0.25) is 14.6 Å². The fourth-order valence-electron chi connectivity index (χ4n) is 5.59. The molecule has 4 heterocycles. The van der Waals surface area contributed by atoms with E-state index < -0.39 is 17.3 Å². The average Bonchev–Trinajstić information content (AvgIpc) is 3.72. The first-order valence-corrected chi connectivity index (χ1v) is 13.5. The molecule has 9 nitrogen and oxygen atoms in total. The number of anilines is 1. The third-order valence-electron chi connectivity index (χ3n) is 8.30. The van der Waals surface area contributed by atoms with Gasteiger partial charge in [-0.1, -0.05) is 18.2 Å². The number of hydrogen-bond acceptors (Lipinski definition) is 7. The Balaban J connectivity index is 0.988. The molecule has 41 heavy (non-hydrogen) atoms. The monoisotopic (exact) mass is 566 g/mol. The summed E-state index contributed by atoms with van der Waals surface area (Å²) in [6, 6.07) is 13.6. The van der Waals surface area contributed by atoms with E-state index in [1.807, 2.05) is 29.2 Å². The summed E-state index contributed by atoms with van der Waals surface area (Å²) in [5.41, 5.74) is 1.42. The van der Waals surface area contributed by atoms with Crippen LogP contribution >= 0.6 is 0 Å². The number of benzene rings is 1. The van der Waals surface area contributed by atoms with Crippen molar-refractivity contribution in [2.45, 2.75) is 56.5 Å². The highest BCUT2D eigenvalue weighted by molar-refractivity contribution is 5.90. The van der Waals surface area contributed by atoms with Gasteiger partial charge < -0.3 is 19.9 Å². The molecule has 2 amide bonds. The number of pyridine rings is 1. The molecule has 2 aliphatic heterocycles. The maximum atomic E-state index is 13.1. The van der Waals surface area contributed by atoms with Gasteiger partial charge in [0.05, 0.1) is 16.6 Å². The quantitative estimate of drug-likeness (QED) is 0.445. The van der Waals surface area contributed by atoms with Crippen molar-refractivity contribution >= 4 is 17.5 Å². The molecule has 3 fully saturated rings. The lowest BCUT2D eigenvalue weighted by molar-refractivity contribution is -0.147. The van der Waals surface area contributed by atoms with Gasteiger partial charge >= 0.3 is 6.18 Å². The second kappa shape index (κ2) is 10.0. The van der Waals surface area contributed by atoms with Gasteiger partial charge in [0.15, 0.2) is 0 Å². The number of nitrogens with zero attached hydrogens (tertiary/aromatic N) is 5. The fourth-order valence-corrected chi connectivity index (χ4v) is 5.59. The number of amides is 2. The first-order chi connectivity index (χ1) is 19.6. The number of carbonyl (C=O) groups excluding carboxylic acids is 2. The van der Waals surface area contributed by atoms with Crippen molar-refractivity contribution in [1.29, 1.82) is 0 Å². The number of rotatable bonds is 8. The molecule has 3 aromatic rings. The summed E-state index contributed by atoms with van der Waals surface area (Å²) in [5.74, 6) is 0.226. The summed E-state index contributed by atoms with van der Waals surface area (Å²) in [5, 5.41) is 11.3. The Kier molecular flexibility index (Phi) is 6.58. The zero-order chi connectivity index (χ0) is 28.8. The van der Waals surface area contributed by atoms with E-state index in [0.29, 0.717) is 30.6 Å². The molecule has 1 aliphatic carbocycles. The van der Waals surface area contributed by atoms with Crippen molar-refractivity contribution in [3.05, 3.63) is 77.2 Å². The summed E-state index contributed by atoms with van der Waals surface area (Å²) < 4.78 is 43.5. The summed E-state index contributed by atoms with van der Waals surface area (Å²) in [7, 11) is 0. The van der Waals surface area contributed by atoms with Crippen LogP contribution in [0.2, 0.25) is 0 Å². The molecule has 6 rings (SSSR count). The van der Waals surface area contributed by atoms with Crippen molar-refractivity contribution in [3.63, 3.8) is 0 Å². The Hall–Kier alpha value is -4.22. The van der Waals surface area contributed by atoms with E-state index in [1.54, 1.807) is 19.1 Å². The van der Waals surface area contributed by atoms with Crippen molar-refractivity contribution in [3.8, 4) is 5.88 Å². The second-order valence-electron chi connectivity index (χ2n) is 11.0. The molecule has 214 valence electrons. The molecule has 1 saturated carbocycles. The van der Waals surface area contributed by atoms with Gasteiger partial charge in [0.25, 0.3) is 0 Å². The van der Waals surface area contributed by atoms with E-state index in [2.05, 4.69) is 25.4 Å². The van der Waals surface area contributed by atoms with Crippen LogP contribution in [-0.4, -0.2) is 57.1 Å². The van der Waals surface area contributed by atoms with Gasteiger partial charge in [0, 0.05) is 56.6 Å². The molecule has 2 aromatic heterocycles. The largest absolute Gasteiger partial charge is 0.472 e. The molecular formula is C29H29F3N6O3. The maximum absolute atomic E-state index is 13.1. The zero-order valence-electron chi connectivity index (χ0n) is 22.4. The Morgan fingerprint density at radius 2 is 1.71 bits per heavy atom. The number of ether oxygens (including phenoxy) is 1. The van der Waals surface area contributed by atoms with Crippen molar-refractivity contribution in [2.24, 2.45) is 0 Å². The van der Waals surface area contributed by atoms with Crippen LogP contribution < -0.4 is 15.0 Å². The molecule has 0 radical (unpaired) electrons. The number of hydrogen-bond donors (Lipinski definition) is 1. The lowest BCUT2D eigenvalue weighted by Crippen LogP contribution is -2.77. The predicted octanol–water partition coefficient (Wildman–Crippen LogP) is 3.63. The Morgan fingerprint density at radius 3 is 2.24 bits per heavy atom. The normalized spacial score (nSPS) is 18.3. The number of alkyl halides is 3. The van der Waals surface area contributed by atoms with Crippen LogP contribution in [0, 0.1) is 0 Å². The van der Waals surface area contributed by atoms with E-state index >= 15 is 0 Å². The van der Waals surface area contributed by atoms with Crippen molar-refractivity contribution in [1.82, 2.24) is 25.4 Å². The van der Waals surface area contributed by atoms with E-state index in [9.17, 15) is 22.8 Å². The second-order valence-corrected chi connectivity index (χ2v) is 11.0. The first kappa shape index (κ1) is 27.0. The van der Waals surface area contributed by atoms with Crippen molar-refractivity contribution in [2.75, 3.05) is 24.5 Å². The highest BCUT2D eigenvalue weighted by Crippen LogP contribution is 2.47. The SMILES string of the molecule is CC(=O)N1CCC12CN(c1ccc(CNC(=O)C3(c4ccc(OCc5ccc(C(F)(F)F)nc5)nn4)CC3)cc1)C2. The minimum atomic E-state index is -4.49. The predicted molar refractivity (Wildman–Crippen MR) is 142 cm³/mol. The fraction of sp³-hybridized carbons (Fsp3) is 0.414. The van der Waals surface area contributed by atoms with Crippen LogP contribution in [0.1, 0.15) is 48.7 Å². The number of halogens is 3.